The van der Waals surface area contributed by atoms with Crippen LogP contribution in [0.25, 0.3) is 0 Å². The lowest BCUT2D eigenvalue weighted by molar-refractivity contribution is -0.128. The van der Waals surface area contributed by atoms with Crippen LogP contribution in [-0.4, -0.2) is 61.5 Å². The number of hydrogen-bond donors (Lipinski definition) is 2. The maximum absolute atomic E-state index is 11.5. The van der Waals surface area contributed by atoms with Crippen molar-refractivity contribution in [2.24, 2.45) is 4.99 Å². The van der Waals surface area contributed by atoms with Gasteiger partial charge in [-0.3, -0.25) is 9.79 Å². The Hall–Kier alpha value is -0.180. The van der Waals surface area contributed by atoms with Gasteiger partial charge in [-0.25, -0.2) is 0 Å². The predicted molar refractivity (Wildman–Crippen MR) is 98.2 cm³/mol. The zero-order valence-electron chi connectivity index (χ0n) is 12.6. The highest BCUT2D eigenvalue weighted by Crippen LogP contribution is 2.25. The van der Waals surface area contributed by atoms with Crippen molar-refractivity contribution in [2.45, 2.75) is 31.4 Å². The number of carbonyl (C=O) groups excluding carboxylic acids is 1. The number of carbonyl (C=O) groups is 1. The molecule has 0 aromatic heterocycles. The smallest absolute Gasteiger partial charge is 0.223 e. The first-order chi connectivity index (χ1) is 9.13. The molecule has 1 saturated heterocycles. The van der Waals surface area contributed by atoms with Crippen LogP contribution in [0.1, 0.15) is 26.2 Å². The Balaban J connectivity index is 0.00000361. The highest BCUT2D eigenvalue weighted by molar-refractivity contribution is 14.0. The van der Waals surface area contributed by atoms with Crippen LogP contribution in [-0.2, 0) is 4.79 Å². The second-order valence-corrected chi connectivity index (χ2v) is 6.23. The van der Waals surface area contributed by atoms with E-state index in [0.29, 0.717) is 18.2 Å². The molecule has 7 heteroatoms. The van der Waals surface area contributed by atoms with Gasteiger partial charge in [0.2, 0.25) is 5.91 Å². The Morgan fingerprint density at radius 3 is 2.70 bits per heavy atom. The van der Waals surface area contributed by atoms with Crippen molar-refractivity contribution < 1.29 is 4.79 Å². The van der Waals surface area contributed by atoms with Crippen LogP contribution in [0, 0.1) is 0 Å². The maximum Gasteiger partial charge on any atom is 0.223 e. The molecule has 0 saturated carbocycles. The van der Waals surface area contributed by atoms with Gasteiger partial charge in [-0.1, -0.05) is 0 Å². The van der Waals surface area contributed by atoms with E-state index >= 15 is 0 Å². The molecule has 1 amide bonds. The lowest BCUT2D eigenvalue weighted by Crippen LogP contribution is -2.39. The summed E-state index contributed by atoms with van der Waals surface area (Å²) >= 11 is 2.01. The molecule has 0 spiro atoms. The molecule has 5 nitrogen and oxygen atoms in total. The molecule has 2 N–H and O–H groups in total. The molecule has 1 heterocycles. The Kier molecular flexibility index (Phi) is 11.4. The first-order valence-electron chi connectivity index (χ1n) is 6.97. The molecule has 1 unspecified atom stereocenters. The summed E-state index contributed by atoms with van der Waals surface area (Å²) < 4.78 is 0. The minimum absolute atomic E-state index is 0. The topological polar surface area (TPSA) is 56.7 Å². The van der Waals surface area contributed by atoms with E-state index in [2.05, 4.69) is 15.6 Å². The molecule has 0 aromatic rings. The van der Waals surface area contributed by atoms with Gasteiger partial charge in [0.15, 0.2) is 5.96 Å². The quantitative estimate of drug-likeness (QED) is 0.393. The molecule has 0 radical (unpaired) electrons. The lowest BCUT2D eigenvalue weighted by Gasteiger charge is -2.14. The van der Waals surface area contributed by atoms with Gasteiger partial charge in [-0.05, 0) is 25.5 Å². The second-order valence-electron chi connectivity index (χ2n) is 4.82. The van der Waals surface area contributed by atoms with Gasteiger partial charge in [-0.2, -0.15) is 11.8 Å². The van der Waals surface area contributed by atoms with Crippen molar-refractivity contribution in [3.8, 4) is 0 Å². The Morgan fingerprint density at radius 2 is 2.15 bits per heavy atom. The summed E-state index contributed by atoms with van der Waals surface area (Å²) in [6, 6.07) is 0. The second kappa shape index (κ2) is 11.5. The number of halogens is 1. The van der Waals surface area contributed by atoms with Crippen molar-refractivity contribution in [3.63, 3.8) is 0 Å². The molecule has 1 fully saturated rings. The zero-order valence-corrected chi connectivity index (χ0v) is 15.8. The summed E-state index contributed by atoms with van der Waals surface area (Å²) in [5, 5.41) is 7.09. The van der Waals surface area contributed by atoms with Crippen molar-refractivity contribution in [1.29, 1.82) is 0 Å². The Bertz CT molecular complexity index is 307. The number of thioether (sulfide) groups is 1. The standard InChI is InChI=1S/C13H26N4OS.HI/c1-4-14-13(15-8-7-12(18)17(2)3)16-10-11-6-5-9-19-11;/h11H,4-10H2,1-3H3,(H2,14,15,16);1H. The number of hydrogen-bond acceptors (Lipinski definition) is 3. The van der Waals surface area contributed by atoms with Crippen molar-refractivity contribution in [3.05, 3.63) is 0 Å². The molecule has 1 atom stereocenters. The Labute approximate surface area is 143 Å². The fourth-order valence-corrected chi connectivity index (χ4v) is 3.01. The van der Waals surface area contributed by atoms with Crippen LogP contribution in [0.3, 0.4) is 0 Å². The summed E-state index contributed by atoms with van der Waals surface area (Å²) in [5.74, 6) is 2.22. The van der Waals surface area contributed by atoms with Gasteiger partial charge in [0, 0.05) is 38.9 Å². The van der Waals surface area contributed by atoms with E-state index in [1.807, 2.05) is 18.7 Å². The average Bonchev–Trinajstić information content (AvgIpc) is 2.88. The van der Waals surface area contributed by atoms with Gasteiger partial charge in [0.25, 0.3) is 0 Å². The fourth-order valence-electron chi connectivity index (χ4n) is 1.83. The SMILES string of the molecule is CCNC(=NCC1CCCS1)NCCC(=O)N(C)C.I. The highest BCUT2D eigenvalue weighted by atomic mass is 127. The van der Waals surface area contributed by atoms with Crippen molar-refractivity contribution in [1.82, 2.24) is 15.5 Å². The van der Waals surface area contributed by atoms with E-state index < -0.39 is 0 Å². The summed E-state index contributed by atoms with van der Waals surface area (Å²) in [6.07, 6.45) is 3.08. The maximum atomic E-state index is 11.5. The van der Waals surface area contributed by atoms with Crippen LogP contribution in [0.15, 0.2) is 4.99 Å². The van der Waals surface area contributed by atoms with Gasteiger partial charge in [0.1, 0.15) is 0 Å². The van der Waals surface area contributed by atoms with Gasteiger partial charge in [-0.15, -0.1) is 24.0 Å². The van der Waals surface area contributed by atoms with E-state index in [1.54, 1.807) is 19.0 Å². The normalized spacial score (nSPS) is 18.4. The van der Waals surface area contributed by atoms with Crippen LogP contribution in [0.2, 0.25) is 0 Å². The van der Waals surface area contributed by atoms with E-state index in [-0.39, 0.29) is 29.9 Å². The minimum Gasteiger partial charge on any atom is -0.357 e. The average molecular weight is 414 g/mol. The lowest BCUT2D eigenvalue weighted by atomic mass is 10.2. The van der Waals surface area contributed by atoms with Gasteiger partial charge < -0.3 is 15.5 Å². The first kappa shape index (κ1) is 19.8. The fraction of sp³-hybridized carbons (Fsp3) is 0.846. The largest absolute Gasteiger partial charge is 0.357 e. The number of nitrogens with one attached hydrogen (secondary N) is 2. The molecule has 1 rings (SSSR count). The Morgan fingerprint density at radius 1 is 1.40 bits per heavy atom. The van der Waals surface area contributed by atoms with E-state index in [0.717, 1.165) is 19.0 Å². The number of aliphatic imine (C=N–C) groups is 1. The van der Waals surface area contributed by atoms with Crippen LogP contribution >= 0.6 is 35.7 Å². The van der Waals surface area contributed by atoms with Crippen LogP contribution in [0.5, 0.6) is 0 Å². The molecule has 0 aliphatic carbocycles. The molecular formula is C13H27IN4OS. The van der Waals surface area contributed by atoms with Crippen LogP contribution in [0.4, 0.5) is 0 Å². The third-order valence-electron chi connectivity index (χ3n) is 2.95. The molecule has 1 aliphatic heterocycles. The van der Waals surface area contributed by atoms with Gasteiger partial charge >= 0.3 is 0 Å². The summed E-state index contributed by atoms with van der Waals surface area (Å²) in [5.41, 5.74) is 0. The van der Waals surface area contributed by atoms with Crippen molar-refractivity contribution >= 4 is 47.6 Å². The molecule has 0 aromatic carbocycles. The van der Waals surface area contributed by atoms with Crippen molar-refractivity contribution in [2.75, 3.05) is 39.5 Å². The summed E-state index contributed by atoms with van der Waals surface area (Å²) in [4.78, 5) is 17.7. The number of amides is 1. The predicted octanol–water partition coefficient (Wildman–Crippen LogP) is 1.53. The van der Waals surface area contributed by atoms with E-state index in [4.69, 9.17) is 0 Å². The summed E-state index contributed by atoms with van der Waals surface area (Å²) in [6.45, 7) is 4.38. The highest BCUT2D eigenvalue weighted by Gasteiger charge is 2.15. The molecular weight excluding hydrogens is 387 g/mol. The number of nitrogens with zero attached hydrogens (tertiary/aromatic N) is 2. The molecule has 1 aliphatic rings. The third-order valence-corrected chi connectivity index (χ3v) is 4.33. The summed E-state index contributed by atoms with van der Waals surface area (Å²) in [7, 11) is 3.55. The first-order valence-corrected chi connectivity index (χ1v) is 8.02. The van der Waals surface area contributed by atoms with Crippen LogP contribution < -0.4 is 10.6 Å². The number of rotatable bonds is 6. The monoisotopic (exact) mass is 414 g/mol. The molecule has 20 heavy (non-hydrogen) atoms. The van der Waals surface area contributed by atoms with E-state index in [9.17, 15) is 4.79 Å². The van der Waals surface area contributed by atoms with Gasteiger partial charge in [0.05, 0.1) is 6.54 Å². The number of guanidine groups is 1. The molecule has 118 valence electrons. The third kappa shape index (κ3) is 8.18. The molecule has 0 bridgehead atoms. The van der Waals surface area contributed by atoms with E-state index in [1.165, 1.54) is 18.6 Å². The minimum atomic E-state index is 0. The zero-order chi connectivity index (χ0) is 14.1.